The van der Waals surface area contributed by atoms with Gasteiger partial charge in [-0.3, -0.25) is 9.48 Å². The zero-order chi connectivity index (χ0) is 14.5. The Morgan fingerprint density at radius 1 is 1.45 bits per heavy atom. The van der Waals surface area contributed by atoms with Crippen LogP contribution >= 0.6 is 11.6 Å². The van der Waals surface area contributed by atoms with E-state index in [1.54, 1.807) is 29.9 Å². The van der Waals surface area contributed by atoms with Crippen molar-refractivity contribution in [2.45, 2.75) is 26.4 Å². The largest absolute Gasteiger partial charge is 0.371 e. The van der Waals surface area contributed by atoms with Crippen LogP contribution in [0, 0.1) is 0 Å². The van der Waals surface area contributed by atoms with Gasteiger partial charge in [0.05, 0.1) is 22.6 Å². The van der Waals surface area contributed by atoms with Gasteiger partial charge in [0.2, 0.25) is 5.91 Å². The Bertz CT molecular complexity index is 596. The highest BCUT2D eigenvalue weighted by Gasteiger charge is 2.14. The number of halogens is 1. The third kappa shape index (κ3) is 3.51. The Balaban J connectivity index is 1.97. The number of carbonyl (C=O) groups excluding carboxylic acids is 1. The molecule has 1 aromatic carbocycles. The predicted octanol–water partition coefficient (Wildman–Crippen LogP) is 3.00. The summed E-state index contributed by atoms with van der Waals surface area (Å²) in [4.78, 5) is 12.1. The van der Waals surface area contributed by atoms with Crippen molar-refractivity contribution < 1.29 is 4.79 Å². The summed E-state index contributed by atoms with van der Waals surface area (Å²) in [6, 6.07) is 6.76. The van der Waals surface area contributed by atoms with Crippen LogP contribution in [0.25, 0.3) is 0 Å². The Labute approximate surface area is 122 Å². The average molecular weight is 293 g/mol. The van der Waals surface area contributed by atoms with E-state index in [9.17, 15) is 4.79 Å². The van der Waals surface area contributed by atoms with E-state index >= 15 is 0 Å². The monoisotopic (exact) mass is 292 g/mol. The predicted molar refractivity (Wildman–Crippen MR) is 81.1 cm³/mol. The molecule has 2 N–H and O–H groups in total. The van der Waals surface area contributed by atoms with E-state index in [2.05, 4.69) is 15.7 Å². The van der Waals surface area contributed by atoms with Gasteiger partial charge >= 0.3 is 0 Å². The highest BCUT2D eigenvalue weighted by Crippen LogP contribution is 2.20. The summed E-state index contributed by atoms with van der Waals surface area (Å²) >= 11 is 6.01. The van der Waals surface area contributed by atoms with Crippen LogP contribution in [0.1, 0.15) is 13.8 Å². The number of aryl methyl sites for hydroxylation is 1. The Hall–Kier alpha value is -2.01. The van der Waals surface area contributed by atoms with Crippen LogP contribution in [0.15, 0.2) is 36.7 Å². The smallest absolute Gasteiger partial charge is 0.246 e. The lowest BCUT2D eigenvalue weighted by atomic mass is 10.2. The van der Waals surface area contributed by atoms with Gasteiger partial charge in [-0.2, -0.15) is 5.10 Å². The average Bonchev–Trinajstić information content (AvgIpc) is 2.89. The fourth-order valence-corrected chi connectivity index (χ4v) is 1.91. The van der Waals surface area contributed by atoms with E-state index in [1.807, 2.05) is 25.3 Å². The van der Waals surface area contributed by atoms with Crippen LogP contribution in [-0.4, -0.2) is 21.7 Å². The van der Waals surface area contributed by atoms with Gasteiger partial charge in [0.1, 0.15) is 6.04 Å². The molecule has 1 aromatic heterocycles. The highest BCUT2D eigenvalue weighted by atomic mass is 35.5. The van der Waals surface area contributed by atoms with Crippen LogP contribution in [0.5, 0.6) is 0 Å². The van der Waals surface area contributed by atoms with Crippen LogP contribution < -0.4 is 10.6 Å². The molecule has 0 bridgehead atoms. The van der Waals surface area contributed by atoms with Gasteiger partial charge in [-0.05, 0) is 26.0 Å². The van der Waals surface area contributed by atoms with Crippen molar-refractivity contribution in [3.05, 3.63) is 41.7 Å². The molecular weight excluding hydrogens is 276 g/mol. The van der Waals surface area contributed by atoms with Crippen molar-refractivity contribution >= 4 is 28.9 Å². The Morgan fingerprint density at radius 3 is 2.85 bits per heavy atom. The van der Waals surface area contributed by atoms with Gasteiger partial charge in [0.25, 0.3) is 0 Å². The summed E-state index contributed by atoms with van der Waals surface area (Å²) in [6.07, 6.45) is 3.56. The standard InChI is InChI=1S/C14H17ClN4O/c1-3-19-9-11(8-16-19)17-10(2)14(20)18-13-7-5-4-6-12(13)15/h4-10,17H,3H2,1-2H3,(H,18,20). The maximum atomic E-state index is 12.1. The molecule has 106 valence electrons. The van der Waals surface area contributed by atoms with E-state index in [-0.39, 0.29) is 11.9 Å². The maximum absolute atomic E-state index is 12.1. The Kier molecular flexibility index (Phi) is 4.63. The van der Waals surface area contributed by atoms with Gasteiger partial charge in [-0.1, -0.05) is 23.7 Å². The molecule has 6 heteroatoms. The lowest BCUT2D eigenvalue weighted by Crippen LogP contribution is -2.31. The van der Waals surface area contributed by atoms with E-state index in [1.165, 1.54) is 0 Å². The Morgan fingerprint density at radius 2 is 2.20 bits per heavy atom. The number of nitrogens with one attached hydrogen (secondary N) is 2. The molecule has 0 saturated carbocycles. The lowest BCUT2D eigenvalue weighted by Gasteiger charge is -2.14. The molecule has 0 aliphatic rings. The molecule has 1 amide bonds. The molecule has 1 unspecified atom stereocenters. The molecule has 2 aromatic rings. The molecule has 2 rings (SSSR count). The molecule has 0 fully saturated rings. The third-order valence-electron chi connectivity index (χ3n) is 2.87. The van der Waals surface area contributed by atoms with E-state index < -0.39 is 0 Å². The number of benzene rings is 1. The number of para-hydroxylation sites is 1. The fourth-order valence-electron chi connectivity index (χ4n) is 1.73. The van der Waals surface area contributed by atoms with Crippen molar-refractivity contribution in [1.29, 1.82) is 0 Å². The maximum Gasteiger partial charge on any atom is 0.246 e. The SMILES string of the molecule is CCn1cc(NC(C)C(=O)Nc2ccccc2Cl)cn1. The number of nitrogens with zero attached hydrogens (tertiary/aromatic N) is 2. The van der Waals surface area contributed by atoms with Crippen molar-refractivity contribution in [2.75, 3.05) is 10.6 Å². The third-order valence-corrected chi connectivity index (χ3v) is 3.20. The second kappa shape index (κ2) is 6.43. The van der Waals surface area contributed by atoms with Gasteiger partial charge in [-0.25, -0.2) is 0 Å². The number of hydrogen-bond donors (Lipinski definition) is 2. The van der Waals surface area contributed by atoms with Gasteiger partial charge in [0.15, 0.2) is 0 Å². The van der Waals surface area contributed by atoms with Crippen LogP contribution in [0.4, 0.5) is 11.4 Å². The molecule has 0 saturated heterocycles. The first-order chi connectivity index (χ1) is 9.60. The van der Waals surface area contributed by atoms with E-state index in [0.29, 0.717) is 10.7 Å². The number of amides is 1. The number of hydrogen-bond acceptors (Lipinski definition) is 3. The molecule has 20 heavy (non-hydrogen) atoms. The summed E-state index contributed by atoms with van der Waals surface area (Å²) in [5.74, 6) is -0.151. The van der Waals surface area contributed by atoms with Crippen molar-refractivity contribution in [2.24, 2.45) is 0 Å². The molecule has 0 aliphatic carbocycles. The van der Waals surface area contributed by atoms with Crippen LogP contribution in [0.3, 0.4) is 0 Å². The molecular formula is C14H17ClN4O. The summed E-state index contributed by atoms with van der Waals surface area (Å²) in [7, 11) is 0. The normalized spacial score (nSPS) is 11.9. The molecule has 1 atom stereocenters. The summed E-state index contributed by atoms with van der Waals surface area (Å²) in [5, 5.41) is 10.6. The van der Waals surface area contributed by atoms with Crippen molar-refractivity contribution in [1.82, 2.24) is 9.78 Å². The summed E-state index contributed by atoms with van der Waals surface area (Å²) < 4.78 is 1.79. The topological polar surface area (TPSA) is 59.0 Å². The minimum Gasteiger partial charge on any atom is -0.371 e. The van der Waals surface area contributed by atoms with E-state index in [0.717, 1.165) is 12.2 Å². The number of rotatable bonds is 5. The summed E-state index contributed by atoms with van der Waals surface area (Å²) in [5.41, 5.74) is 1.42. The van der Waals surface area contributed by atoms with Gasteiger partial charge in [-0.15, -0.1) is 0 Å². The second-order valence-corrected chi connectivity index (χ2v) is 4.83. The van der Waals surface area contributed by atoms with Crippen LogP contribution in [0.2, 0.25) is 5.02 Å². The lowest BCUT2D eigenvalue weighted by molar-refractivity contribution is -0.116. The summed E-state index contributed by atoms with van der Waals surface area (Å²) in [6.45, 7) is 4.58. The fraction of sp³-hybridized carbons (Fsp3) is 0.286. The van der Waals surface area contributed by atoms with Gasteiger partial charge < -0.3 is 10.6 Å². The quantitative estimate of drug-likeness (QED) is 0.890. The number of aromatic nitrogens is 2. The zero-order valence-electron chi connectivity index (χ0n) is 11.4. The molecule has 0 aliphatic heterocycles. The number of carbonyl (C=O) groups is 1. The molecule has 0 spiro atoms. The second-order valence-electron chi connectivity index (χ2n) is 4.42. The van der Waals surface area contributed by atoms with E-state index in [4.69, 9.17) is 11.6 Å². The van der Waals surface area contributed by atoms with Gasteiger partial charge in [0, 0.05) is 12.7 Å². The molecule has 0 radical (unpaired) electrons. The zero-order valence-corrected chi connectivity index (χ0v) is 12.2. The highest BCUT2D eigenvalue weighted by molar-refractivity contribution is 6.33. The first kappa shape index (κ1) is 14.4. The molecule has 1 heterocycles. The first-order valence-corrected chi connectivity index (χ1v) is 6.82. The van der Waals surface area contributed by atoms with Crippen LogP contribution in [-0.2, 0) is 11.3 Å². The van der Waals surface area contributed by atoms with Crippen molar-refractivity contribution in [3.8, 4) is 0 Å². The minimum atomic E-state index is -0.388. The van der Waals surface area contributed by atoms with Crippen molar-refractivity contribution in [3.63, 3.8) is 0 Å². The first-order valence-electron chi connectivity index (χ1n) is 6.44. The molecule has 5 nitrogen and oxygen atoms in total. The minimum absolute atomic E-state index is 0.151. The number of anilines is 2.